The van der Waals surface area contributed by atoms with Crippen LogP contribution in [0.25, 0.3) is 0 Å². The molecule has 54 valence electrons. The summed E-state index contributed by atoms with van der Waals surface area (Å²) in [7, 11) is 6.13. The molecule has 4 heteroatoms. The maximum Gasteiger partial charge on any atom is 0.139 e. The van der Waals surface area contributed by atoms with Crippen LogP contribution >= 0.6 is 0 Å². The van der Waals surface area contributed by atoms with Gasteiger partial charge in [-0.25, -0.2) is 0 Å². The van der Waals surface area contributed by atoms with Crippen LogP contribution in [0.15, 0.2) is 6.07 Å². The van der Waals surface area contributed by atoms with Crippen molar-refractivity contribution < 1.29 is 5.11 Å². The molecule has 0 unspecified atom stereocenters. The normalized spacial score (nSPS) is 9.91. The lowest BCUT2D eigenvalue weighted by atomic mass is 9.70. The van der Waals surface area contributed by atoms with Crippen molar-refractivity contribution in [2.24, 2.45) is 0 Å². The zero-order valence-corrected chi connectivity index (χ0v) is 7.52. The Morgan fingerprint density at radius 1 is 1.18 bits per heavy atom. The fourth-order valence-electron chi connectivity index (χ4n) is 1.19. The minimum Gasteiger partial charge on any atom is -0.508 e. The van der Waals surface area contributed by atoms with Gasteiger partial charge in [0, 0.05) is 0 Å². The largest absolute Gasteiger partial charge is 0.508 e. The van der Waals surface area contributed by atoms with E-state index in [-0.39, 0.29) is 0 Å². The zero-order chi connectivity index (χ0) is 8.59. The van der Waals surface area contributed by atoms with E-state index in [9.17, 15) is 5.11 Å². The number of benzene rings is 1. The van der Waals surface area contributed by atoms with E-state index >= 15 is 0 Å². The number of phenols is 1. The van der Waals surface area contributed by atoms with Crippen LogP contribution in [-0.2, 0) is 0 Å². The van der Waals surface area contributed by atoms with E-state index in [0.29, 0.717) is 5.75 Å². The van der Waals surface area contributed by atoms with Gasteiger partial charge >= 0.3 is 0 Å². The average molecular weight is 144 g/mol. The lowest BCUT2D eigenvalue weighted by Crippen LogP contribution is -2.40. The second-order valence-electron chi connectivity index (χ2n) is 3.09. The number of rotatable bonds is 0. The molecule has 0 aliphatic heterocycles. The summed E-state index contributed by atoms with van der Waals surface area (Å²) in [6.45, 7) is 1.94. The van der Waals surface area contributed by atoms with Crippen molar-refractivity contribution in [3.63, 3.8) is 0 Å². The molecule has 11 heavy (non-hydrogen) atoms. The molecule has 0 fully saturated rings. The van der Waals surface area contributed by atoms with Crippen LogP contribution in [0.5, 0.6) is 5.75 Å². The van der Waals surface area contributed by atoms with Crippen molar-refractivity contribution >= 4 is 39.9 Å². The molecule has 0 saturated carbocycles. The van der Waals surface area contributed by atoms with E-state index in [2.05, 4.69) is 7.85 Å². The fourth-order valence-corrected chi connectivity index (χ4v) is 1.19. The average Bonchev–Trinajstić information content (AvgIpc) is 1.97. The van der Waals surface area contributed by atoms with Gasteiger partial charge in [0.05, 0.1) is 0 Å². The van der Waals surface area contributed by atoms with Crippen LogP contribution in [0.2, 0.25) is 0 Å². The van der Waals surface area contributed by atoms with Crippen LogP contribution in [0.3, 0.4) is 0 Å². The van der Waals surface area contributed by atoms with Crippen molar-refractivity contribution in [2.45, 2.75) is 6.92 Å². The first kappa shape index (κ1) is 8.31. The van der Waals surface area contributed by atoms with E-state index in [4.69, 9.17) is 0 Å². The highest BCUT2D eigenvalue weighted by Crippen LogP contribution is 2.07. The minimum atomic E-state index is 0.408. The molecule has 0 aliphatic rings. The standard InChI is InChI=1S/C7H11B3O/c1-3-5(11)2-4(8)7(10)6(3)9/h2,11H,8-10H2,1H3. The van der Waals surface area contributed by atoms with E-state index in [1.54, 1.807) is 0 Å². The number of hydrogen-bond acceptors (Lipinski definition) is 1. The van der Waals surface area contributed by atoms with E-state index in [1.165, 1.54) is 10.9 Å². The molecule has 0 amide bonds. The van der Waals surface area contributed by atoms with Crippen LogP contribution in [-0.4, -0.2) is 28.6 Å². The predicted octanol–water partition coefficient (Wildman–Crippen LogP) is -3.52. The van der Waals surface area contributed by atoms with Gasteiger partial charge in [-0.1, -0.05) is 10.9 Å². The van der Waals surface area contributed by atoms with E-state index in [0.717, 1.165) is 11.0 Å². The van der Waals surface area contributed by atoms with Crippen molar-refractivity contribution in [3.05, 3.63) is 11.6 Å². The molecule has 0 aromatic heterocycles. The van der Waals surface area contributed by atoms with Gasteiger partial charge in [0.15, 0.2) is 0 Å². The maximum absolute atomic E-state index is 9.41. The molecular formula is C7H11B3O. The molecule has 1 N–H and O–H groups in total. The predicted molar refractivity (Wildman–Crippen MR) is 57.4 cm³/mol. The summed E-state index contributed by atoms with van der Waals surface area (Å²) in [5.74, 6) is 0.408. The highest BCUT2D eigenvalue weighted by atomic mass is 16.3. The first-order valence-corrected chi connectivity index (χ1v) is 3.80. The van der Waals surface area contributed by atoms with Gasteiger partial charge < -0.3 is 5.11 Å². The number of hydrogen-bond donors (Lipinski definition) is 1. The summed E-state index contributed by atoms with van der Waals surface area (Å²) < 4.78 is 0. The van der Waals surface area contributed by atoms with Gasteiger partial charge in [0.1, 0.15) is 29.3 Å². The van der Waals surface area contributed by atoms with Gasteiger partial charge in [-0.15, -0.1) is 5.46 Å². The molecule has 0 radical (unpaired) electrons. The number of phenolic OH excluding ortho intramolecular Hbond substituents is 1. The minimum absolute atomic E-state index is 0.408. The lowest BCUT2D eigenvalue weighted by Gasteiger charge is -2.10. The highest BCUT2D eigenvalue weighted by Gasteiger charge is 2.03. The molecule has 0 heterocycles. The molecule has 0 spiro atoms. The van der Waals surface area contributed by atoms with Crippen LogP contribution in [0.4, 0.5) is 0 Å². The molecule has 0 aliphatic carbocycles. The summed E-state index contributed by atoms with van der Waals surface area (Å²) in [5, 5.41) is 9.41. The van der Waals surface area contributed by atoms with Crippen LogP contribution in [0.1, 0.15) is 5.56 Å². The number of aromatic hydroxyl groups is 1. The lowest BCUT2D eigenvalue weighted by molar-refractivity contribution is 0.472. The third-order valence-corrected chi connectivity index (χ3v) is 2.45. The van der Waals surface area contributed by atoms with Crippen LogP contribution < -0.4 is 16.4 Å². The molecule has 0 saturated heterocycles. The second-order valence-corrected chi connectivity index (χ2v) is 3.09. The van der Waals surface area contributed by atoms with E-state index < -0.39 is 0 Å². The third kappa shape index (κ3) is 1.30. The molecule has 1 aromatic carbocycles. The summed E-state index contributed by atoms with van der Waals surface area (Å²) in [6, 6.07) is 1.82. The van der Waals surface area contributed by atoms with Gasteiger partial charge in [0.2, 0.25) is 0 Å². The van der Waals surface area contributed by atoms with Gasteiger partial charge in [-0.05, 0) is 18.6 Å². The summed E-state index contributed by atoms with van der Waals surface area (Å²) in [5.41, 5.74) is 4.63. The first-order chi connectivity index (χ1) is 5.04. The SMILES string of the molecule is Bc1cc(O)c(C)c(B)c1B. The van der Waals surface area contributed by atoms with Crippen molar-refractivity contribution in [3.8, 4) is 5.75 Å². The van der Waals surface area contributed by atoms with Crippen LogP contribution in [0, 0.1) is 6.92 Å². The Hall–Kier alpha value is -0.785. The Morgan fingerprint density at radius 3 is 2.27 bits per heavy atom. The Kier molecular flexibility index (Phi) is 2.03. The van der Waals surface area contributed by atoms with Crippen molar-refractivity contribution in [1.82, 2.24) is 0 Å². The monoisotopic (exact) mass is 144 g/mol. The molecule has 1 rings (SSSR count). The Morgan fingerprint density at radius 2 is 1.73 bits per heavy atom. The fraction of sp³-hybridized carbons (Fsp3) is 0.143. The zero-order valence-electron chi connectivity index (χ0n) is 7.52. The maximum atomic E-state index is 9.41. The summed E-state index contributed by atoms with van der Waals surface area (Å²) >= 11 is 0. The first-order valence-electron chi connectivity index (χ1n) is 3.80. The summed E-state index contributed by atoms with van der Waals surface area (Å²) in [4.78, 5) is 0. The van der Waals surface area contributed by atoms with Crippen molar-refractivity contribution in [2.75, 3.05) is 0 Å². The van der Waals surface area contributed by atoms with Gasteiger partial charge in [0.25, 0.3) is 0 Å². The van der Waals surface area contributed by atoms with Gasteiger partial charge in [-0.3, -0.25) is 0 Å². The Balaban J connectivity index is 3.46. The van der Waals surface area contributed by atoms with E-state index in [1.807, 2.05) is 28.7 Å². The van der Waals surface area contributed by atoms with Gasteiger partial charge in [-0.2, -0.15) is 0 Å². The molecule has 0 bridgehead atoms. The molecule has 1 nitrogen and oxygen atoms in total. The Labute approximate surface area is 70.0 Å². The smallest absolute Gasteiger partial charge is 0.139 e. The van der Waals surface area contributed by atoms with Crippen molar-refractivity contribution in [1.29, 1.82) is 0 Å². The topological polar surface area (TPSA) is 20.2 Å². The third-order valence-electron chi connectivity index (χ3n) is 2.45. The molecule has 0 atom stereocenters. The Bertz CT molecular complexity index is 270. The molecule has 1 aromatic rings. The second kappa shape index (κ2) is 2.69. The highest BCUT2D eigenvalue weighted by molar-refractivity contribution is 6.57. The quantitative estimate of drug-likeness (QED) is 0.374. The summed E-state index contributed by atoms with van der Waals surface area (Å²) in [6.07, 6.45) is 0. The molecular weight excluding hydrogens is 133 g/mol.